The van der Waals surface area contributed by atoms with E-state index in [1.54, 1.807) is 0 Å². The summed E-state index contributed by atoms with van der Waals surface area (Å²) in [6, 6.07) is 0. The SMILES string of the molecule is CCC(F)(F)c1nc[nH]n1.O=[PH](O)O. The average molecular weight is 229 g/mol. The van der Waals surface area contributed by atoms with Crippen molar-refractivity contribution in [1.29, 1.82) is 0 Å². The molecule has 6 nitrogen and oxygen atoms in total. The molecule has 0 bridgehead atoms. The van der Waals surface area contributed by atoms with Crippen LogP contribution in [0.1, 0.15) is 19.2 Å². The second-order valence-corrected chi connectivity index (χ2v) is 2.73. The summed E-state index contributed by atoms with van der Waals surface area (Å²) in [5, 5.41) is 5.50. The highest BCUT2D eigenvalue weighted by Crippen LogP contribution is 2.27. The lowest BCUT2D eigenvalue weighted by Crippen LogP contribution is -2.13. The Morgan fingerprint density at radius 2 is 2.14 bits per heavy atom. The van der Waals surface area contributed by atoms with Crippen LogP contribution in [0.25, 0.3) is 0 Å². The molecule has 82 valence electrons. The maximum atomic E-state index is 12.6. The number of aromatic amines is 1. The largest absolute Gasteiger partial charge is 0.326 e. The topological polar surface area (TPSA) is 99.1 Å². The minimum absolute atomic E-state index is 0.273. The number of nitrogens with one attached hydrogen (secondary N) is 1. The van der Waals surface area contributed by atoms with Gasteiger partial charge in [-0.2, -0.15) is 13.9 Å². The van der Waals surface area contributed by atoms with Crippen LogP contribution in [0.15, 0.2) is 6.33 Å². The normalized spacial score (nSPS) is 11.0. The summed E-state index contributed by atoms with van der Waals surface area (Å²) in [5.41, 5.74) is 0. The summed E-state index contributed by atoms with van der Waals surface area (Å²) < 4.78 is 33.9. The van der Waals surface area contributed by atoms with Crippen molar-refractivity contribution in [2.75, 3.05) is 0 Å². The molecule has 3 N–H and O–H groups in total. The summed E-state index contributed by atoms with van der Waals surface area (Å²) in [7, 11) is -3.13. The zero-order chi connectivity index (χ0) is 11.2. The van der Waals surface area contributed by atoms with E-state index >= 15 is 0 Å². The highest BCUT2D eigenvalue weighted by Gasteiger charge is 2.32. The average Bonchev–Trinajstić information content (AvgIpc) is 2.55. The number of hydrogen-bond donors (Lipinski definition) is 3. The van der Waals surface area contributed by atoms with Crippen LogP contribution >= 0.6 is 8.25 Å². The van der Waals surface area contributed by atoms with E-state index in [2.05, 4.69) is 15.2 Å². The Morgan fingerprint density at radius 3 is 2.43 bits per heavy atom. The van der Waals surface area contributed by atoms with E-state index < -0.39 is 20.0 Å². The number of nitrogens with zero attached hydrogens (tertiary/aromatic N) is 2. The molecule has 14 heavy (non-hydrogen) atoms. The Morgan fingerprint density at radius 1 is 1.64 bits per heavy atom. The fraction of sp³-hybridized carbons (Fsp3) is 0.600. The smallest absolute Gasteiger partial charge is 0.314 e. The zero-order valence-corrected chi connectivity index (χ0v) is 8.24. The Bertz CT molecular complexity index is 276. The van der Waals surface area contributed by atoms with E-state index in [0.29, 0.717) is 0 Å². The first-order chi connectivity index (χ1) is 6.40. The van der Waals surface area contributed by atoms with Gasteiger partial charge in [-0.3, -0.25) is 9.66 Å². The number of H-pyrrole nitrogens is 1. The first-order valence-corrected chi connectivity index (χ1v) is 4.86. The van der Waals surface area contributed by atoms with Crippen LogP contribution in [0.5, 0.6) is 0 Å². The fourth-order valence-corrected chi connectivity index (χ4v) is 0.543. The molecule has 9 heteroatoms. The second-order valence-electron chi connectivity index (χ2n) is 2.16. The van der Waals surface area contributed by atoms with E-state index in [4.69, 9.17) is 14.4 Å². The van der Waals surface area contributed by atoms with Crippen LogP contribution in [0.4, 0.5) is 8.78 Å². The molecule has 1 heterocycles. The predicted molar refractivity (Wildman–Crippen MR) is 44.0 cm³/mol. The van der Waals surface area contributed by atoms with Gasteiger partial charge in [0.1, 0.15) is 6.33 Å². The van der Waals surface area contributed by atoms with E-state index in [-0.39, 0.29) is 6.42 Å². The van der Waals surface area contributed by atoms with Crippen molar-refractivity contribution in [1.82, 2.24) is 15.2 Å². The van der Waals surface area contributed by atoms with Gasteiger partial charge >= 0.3 is 14.2 Å². The minimum atomic E-state index is -3.13. The van der Waals surface area contributed by atoms with Gasteiger partial charge in [-0.25, -0.2) is 4.98 Å². The lowest BCUT2D eigenvalue weighted by molar-refractivity contribution is -0.0172. The van der Waals surface area contributed by atoms with Crippen LogP contribution in [0.2, 0.25) is 0 Å². The van der Waals surface area contributed by atoms with Gasteiger partial charge in [0.05, 0.1) is 0 Å². The third-order valence-electron chi connectivity index (χ3n) is 1.19. The summed E-state index contributed by atoms with van der Waals surface area (Å²) in [6.07, 6.45) is 0.865. The van der Waals surface area contributed by atoms with Crippen molar-refractivity contribution in [3.63, 3.8) is 0 Å². The minimum Gasteiger partial charge on any atom is -0.326 e. The predicted octanol–water partition coefficient (Wildman–Crippen LogP) is 0.667. The summed E-state index contributed by atoms with van der Waals surface area (Å²) in [6.45, 7) is 1.39. The zero-order valence-electron chi connectivity index (χ0n) is 7.24. The molecule has 0 unspecified atom stereocenters. The molecule has 1 aromatic rings. The Balaban J connectivity index is 0.000000364. The fourth-order valence-electron chi connectivity index (χ4n) is 0.543. The van der Waals surface area contributed by atoms with Crippen LogP contribution < -0.4 is 0 Å². The summed E-state index contributed by atoms with van der Waals surface area (Å²) in [5.74, 6) is -3.32. The van der Waals surface area contributed by atoms with E-state index in [9.17, 15) is 8.78 Å². The van der Waals surface area contributed by atoms with Crippen molar-refractivity contribution >= 4 is 8.25 Å². The first-order valence-electron chi connectivity index (χ1n) is 3.56. The van der Waals surface area contributed by atoms with Gasteiger partial charge in [-0.05, 0) is 0 Å². The standard InChI is InChI=1S/C5H7F2N3.H3O3P/c1-2-5(6,7)4-8-3-9-10-4;1-4(2)3/h3H,2H2,1H3,(H,8,9,10);4H,(H2,1,2,3). The molecule has 0 saturated carbocycles. The molecule has 0 radical (unpaired) electrons. The van der Waals surface area contributed by atoms with Gasteiger partial charge in [0, 0.05) is 6.42 Å². The number of aromatic nitrogens is 3. The van der Waals surface area contributed by atoms with Crippen LogP contribution in [-0.4, -0.2) is 25.0 Å². The molecule has 0 amide bonds. The molecular weight excluding hydrogens is 219 g/mol. The molecule has 1 rings (SSSR count). The Kier molecular flexibility index (Phi) is 5.44. The third-order valence-corrected chi connectivity index (χ3v) is 1.19. The molecule has 0 spiro atoms. The van der Waals surface area contributed by atoms with Gasteiger partial charge in [-0.15, -0.1) is 0 Å². The van der Waals surface area contributed by atoms with E-state index in [1.807, 2.05) is 0 Å². The molecule has 0 atom stereocenters. The number of alkyl halides is 2. The monoisotopic (exact) mass is 229 g/mol. The molecule has 0 aromatic carbocycles. The summed E-state index contributed by atoms with van der Waals surface area (Å²) >= 11 is 0. The third kappa shape index (κ3) is 5.00. The Hall–Kier alpha value is -0.850. The van der Waals surface area contributed by atoms with Crippen molar-refractivity contribution < 1.29 is 23.1 Å². The van der Waals surface area contributed by atoms with Gasteiger partial charge in [0.15, 0.2) is 0 Å². The lowest BCUT2D eigenvalue weighted by Gasteiger charge is -2.07. The van der Waals surface area contributed by atoms with Crippen LogP contribution in [-0.2, 0) is 10.5 Å². The van der Waals surface area contributed by atoms with Gasteiger partial charge in [-0.1, -0.05) is 6.92 Å². The molecule has 0 fully saturated rings. The second kappa shape index (κ2) is 5.79. The maximum Gasteiger partial charge on any atom is 0.314 e. The molecular formula is C5H10F2N3O3P. The van der Waals surface area contributed by atoms with Crippen LogP contribution in [0, 0.1) is 0 Å². The highest BCUT2D eigenvalue weighted by atomic mass is 31.1. The maximum absolute atomic E-state index is 12.6. The van der Waals surface area contributed by atoms with Gasteiger partial charge in [0.2, 0.25) is 5.82 Å². The summed E-state index contributed by atoms with van der Waals surface area (Å²) in [4.78, 5) is 17.7. The lowest BCUT2D eigenvalue weighted by atomic mass is 10.2. The number of hydrogen-bond acceptors (Lipinski definition) is 3. The quantitative estimate of drug-likeness (QED) is 0.647. The van der Waals surface area contributed by atoms with Gasteiger partial charge in [0.25, 0.3) is 0 Å². The number of halogens is 2. The van der Waals surface area contributed by atoms with Gasteiger partial charge < -0.3 is 9.79 Å². The van der Waals surface area contributed by atoms with Crippen molar-refractivity contribution in [3.05, 3.63) is 12.2 Å². The highest BCUT2D eigenvalue weighted by molar-refractivity contribution is 7.30. The van der Waals surface area contributed by atoms with Crippen molar-refractivity contribution in [2.24, 2.45) is 0 Å². The van der Waals surface area contributed by atoms with Crippen molar-refractivity contribution in [3.8, 4) is 0 Å². The molecule has 0 aliphatic rings. The van der Waals surface area contributed by atoms with E-state index in [0.717, 1.165) is 6.33 Å². The molecule has 0 aliphatic heterocycles. The molecule has 0 aliphatic carbocycles. The van der Waals surface area contributed by atoms with Crippen LogP contribution in [0.3, 0.4) is 0 Å². The number of rotatable bonds is 2. The van der Waals surface area contributed by atoms with E-state index in [1.165, 1.54) is 6.92 Å². The Labute approximate surface area is 78.9 Å². The van der Waals surface area contributed by atoms with Crippen molar-refractivity contribution in [2.45, 2.75) is 19.3 Å². The first kappa shape index (κ1) is 13.2. The molecule has 1 aromatic heterocycles. The molecule has 0 saturated heterocycles.